The summed E-state index contributed by atoms with van der Waals surface area (Å²) in [4.78, 5) is 12.5. The van der Waals surface area contributed by atoms with Gasteiger partial charge in [0.2, 0.25) is 5.91 Å². The molecule has 460 valence electrons. The van der Waals surface area contributed by atoms with Crippen molar-refractivity contribution in [3.8, 4) is 0 Å². The fourth-order valence-corrected chi connectivity index (χ4v) is 11.3. The third-order valence-corrected chi connectivity index (χ3v) is 16.8. The molecule has 0 aromatic carbocycles. The second kappa shape index (κ2) is 69.6. The van der Waals surface area contributed by atoms with Crippen molar-refractivity contribution in [1.82, 2.24) is 5.32 Å². The molecule has 0 spiro atoms. The fourth-order valence-electron chi connectivity index (χ4n) is 11.3. The first-order valence-electron chi connectivity index (χ1n) is 35.9. The Bertz CT molecular complexity index is 1240. The monoisotopic (exact) mass is 1090 g/mol. The number of hydrogen-bond donors (Lipinski definition) is 3. The minimum absolute atomic E-state index is 0.0655. The van der Waals surface area contributed by atoms with Gasteiger partial charge in [0.1, 0.15) is 0 Å². The molecule has 0 aromatic heterocycles. The first-order valence-corrected chi connectivity index (χ1v) is 35.9. The molecule has 4 nitrogen and oxygen atoms in total. The highest BCUT2D eigenvalue weighted by Gasteiger charge is 2.18. The van der Waals surface area contributed by atoms with Gasteiger partial charge in [-0.25, -0.2) is 0 Å². The maximum atomic E-state index is 12.5. The van der Waals surface area contributed by atoms with Crippen molar-refractivity contribution in [2.75, 3.05) is 6.61 Å². The van der Waals surface area contributed by atoms with Crippen LogP contribution in [0.15, 0.2) is 48.6 Å². The number of carbonyl (C=O) groups excluding carboxylic acids is 1. The maximum absolute atomic E-state index is 12.5. The van der Waals surface area contributed by atoms with Crippen molar-refractivity contribution in [1.29, 1.82) is 0 Å². The zero-order chi connectivity index (χ0) is 56.2. The van der Waals surface area contributed by atoms with E-state index in [2.05, 4.69) is 55.6 Å². The number of amides is 1. The van der Waals surface area contributed by atoms with Crippen molar-refractivity contribution in [2.24, 2.45) is 0 Å². The molecule has 0 saturated carbocycles. The second-order valence-corrected chi connectivity index (χ2v) is 24.6. The number of aliphatic hydroxyl groups is 2. The van der Waals surface area contributed by atoms with Crippen LogP contribution < -0.4 is 5.32 Å². The highest BCUT2D eigenvalue weighted by molar-refractivity contribution is 5.76. The molecular weight excluding hydrogens is 951 g/mol. The van der Waals surface area contributed by atoms with Gasteiger partial charge in [-0.3, -0.25) is 4.79 Å². The van der Waals surface area contributed by atoms with Gasteiger partial charge < -0.3 is 15.5 Å². The average Bonchev–Trinajstić information content (AvgIpc) is 3.44. The van der Waals surface area contributed by atoms with Gasteiger partial charge in [0, 0.05) is 6.42 Å². The van der Waals surface area contributed by atoms with E-state index in [-0.39, 0.29) is 12.5 Å². The third kappa shape index (κ3) is 65.2. The molecule has 0 radical (unpaired) electrons. The maximum Gasteiger partial charge on any atom is 0.220 e. The highest BCUT2D eigenvalue weighted by Crippen LogP contribution is 2.19. The van der Waals surface area contributed by atoms with E-state index in [1.54, 1.807) is 6.08 Å². The number of allylic oxidation sites excluding steroid dienone is 7. The molecule has 0 heterocycles. The van der Waals surface area contributed by atoms with E-state index in [0.29, 0.717) is 6.42 Å². The molecule has 0 fully saturated rings. The van der Waals surface area contributed by atoms with E-state index in [1.807, 2.05) is 6.08 Å². The van der Waals surface area contributed by atoms with Crippen LogP contribution in [0.5, 0.6) is 0 Å². The normalized spacial score (nSPS) is 12.9. The Hall–Kier alpha value is -1.65. The standard InChI is InChI=1S/C74H141NO3/c1-3-5-7-9-11-13-15-17-19-21-23-25-27-29-30-31-32-33-34-35-36-37-38-39-40-41-42-43-44-46-48-50-52-54-56-58-60-62-64-66-68-70-74(78)75-72(71-76)73(77)69-67-65-63-61-59-57-55-53-51-49-47-45-28-26-24-22-20-18-16-14-12-10-8-6-4-2/h15,17,21,23,59,61,67,69,72-73,76-77H,3-14,16,18-20,22,24-58,60,62-66,68,70-71H2,1-2H3,(H,75,78)/b17-15-,23-21-,61-59+,69-67+. The molecule has 78 heavy (non-hydrogen) atoms. The number of hydrogen-bond acceptors (Lipinski definition) is 3. The number of rotatable bonds is 67. The largest absolute Gasteiger partial charge is 0.394 e. The van der Waals surface area contributed by atoms with Gasteiger partial charge in [0.05, 0.1) is 18.8 Å². The summed E-state index contributed by atoms with van der Waals surface area (Å²) < 4.78 is 0. The van der Waals surface area contributed by atoms with Crippen molar-refractivity contribution >= 4 is 5.91 Å². The zero-order valence-corrected chi connectivity index (χ0v) is 53.2. The Morgan fingerprint density at radius 2 is 0.538 bits per heavy atom. The summed E-state index contributed by atoms with van der Waals surface area (Å²) in [7, 11) is 0. The predicted molar refractivity (Wildman–Crippen MR) is 350 cm³/mol. The molecule has 4 heteroatoms. The van der Waals surface area contributed by atoms with Crippen LogP contribution in [0.4, 0.5) is 0 Å². The molecule has 0 aliphatic carbocycles. The summed E-state index contributed by atoms with van der Waals surface area (Å²) in [6, 6.07) is -0.639. The van der Waals surface area contributed by atoms with E-state index in [1.165, 1.54) is 340 Å². The fraction of sp³-hybridized carbons (Fsp3) is 0.878. The molecule has 0 bridgehead atoms. The van der Waals surface area contributed by atoms with Crippen LogP contribution in [-0.2, 0) is 4.79 Å². The van der Waals surface area contributed by atoms with E-state index >= 15 is 0 Å². The van der Waals surface area contributed by atoms with Gasteiger partial charge in [-0.1, -0.05) is 377 Å². The highest BCUT2D eigenvalue weighted by atomic mass is 16.3. The van der Waals surface area contributed by atoms with Crippen molar-refractivity contribution in [2.45, 2.75) is 411 Å². The molecule has 0 rings (SSSR count). The first kappa shape index (κ1) is 76.3. The molecule has 3 N–H and O–H groups in total. The molecule has 0 aliphatic heterocycles. The third-order valence-electron chi connectivity index (χ3n) is 16.8. The number of carbonyl (C=O) groups is 1. The van der Waals surface area contributed by atoms with Gasteiger partial charge in [-0.05, 0) is 64.2 Å². The molecule has 2 atom stereocenters. The zero-order valence-electron chi connectivity index (χ0n) is 53.2. The Kier molecular flexibility index (Phi) is 68.1. The van der Waals surface area contributed by atoms with Gasteiger partial charge in [-0.15, -0.1) is 0 Å². The summed E-state index contributed by atoms with van der Waals surface area (Å²) in [6.45, 7) is 4.33. The van der Waals surface area contributed by atoms with E-state index in [9.17, 15) is 15.0 Å². The number of unbranched alkanes of at least 4 members (excludes halogenated alkanes) is 54. The Morgan fingerprint density at radius 3 is 0.821 bits per heavy atom. The molecule has 0 saturated heterocycles. The molecule has 1 amide bonds. The summed E-state index contributed by atoms with van der Waals surface area (Å²) in [5.41, 5.74) is 0. The minimum atomic E-state index is -0.863. The molecule has 2 unspecified atom stereocenters. The Balaban J connectivity index is 3.41. The van der Waals surface area contributed by atoms with Crippen LogP contribution in [-0.4, -0.2) is 34.9 Å². The van der Waals surface area contributed by atoms with Crippen LogP contribution in [0.1, 0.15) is 399 Å². The van der Waals surface area contributed by atoms with Gasteiger partial charge in [0.15, 0.2) is 0 Å². The van der Waals surface area contributed by atoms with E-state index in [4.69, 9.17) is 0 Å². The van der Waals surface area contributed by atoms with Crippen molar-refractivity contribution in [3.05, 3.63) is 48.6 Å². The SMILES string of the molecule is CCCCCCC/C=C\C/C=C\CCCCCCCCCCCCCCCCCCCCCCCCCCCCCCCC(=O)NC(CO)C(O)/C=C/CC/C=C/CCCCCCCCCCCCCCCCCCCCC. The number of nitrogens with one attached hydrogen (secondary N) is 1. The molecule has 0 aliphatic rings. The van der Waals surface area contributed by atoms with Crippen molar-refractivity contribution in [3.63, 3.8) is 0 Å². The Morgan fingerprint density at radius 1 is 0.308 bits per heavy atom. The molecular formula is C74H141NO3. The predicted octanol–water partition coefficient (Wildman–Crippen LogP) is 24.5. The average molecular weight is 1090 g/mol. The lowest BCUT2D eigenvalue weighted by Gasteiger charge is -2.19. The summed E-state index contributed by atoms with van der Waals surface area (Å²) in [6.07, 6.45) is 97.9. The minimum Gasteiger partial charge on any atom is -0.394 e. The summed E-state index contributed by atoms with van der Waals surface area (Å²) in [5.74, 6) is -0.0655. The van der Waals surface area contributed by atoms with E-state index in [0.717, 1.165) is 38.5 Å². The van der Waals surface area contributed by atoms with Crippen LogP contribution in [0.25, 0.3) is 0 Å². The van der Waals surface area contributed by atoms with Crippen LogP contribution in [0.2, 0.25) is 0 Å². The van der Waals surface area contributed by atoms with Crippen LogP contribution in [0.3, 0.4) is 0 Å². The Labute approximate surface area is 490 Å². The topological polar surface area (TPSA) is 69.6 Å². The van der Waals surface area contributed by atoms with Gasteiger partial charge in [0.25, 0.3) is 0 Å². The van der Waals surface area contributed by atoms with E-state index < -0.39 is 12.1 Å². The summed E-state index contributed by atoms with van der Waals surface area (Å²) in [5, 5.41) is 23.3. The van der Waals surface area contributed by atoms with Gasteiger partial charge in [-0.2, -0.15) is 0 Å². The van der Waals surface area contributed by atoms with Gasteiger partial charge >= 0.3 is 0 Å². The second-order valence-electron chi connectivity index (χ2n) is 24.6. The van der Waals surface area contributed by atoms with Crippen LogP contribution >= 0.6 is 0 Å². The number of aliphatic hydroxyl groups excluding tert-OH is 2. The smallest absolute Gasteiger partial charge is 0.220 e. The quantitative estimate of drug-likeness (QED) is 0.0420. The first-order chi connectivity index (χ1) is 38.7. The lowest BCUT2D eigenvalue weighted by molar-refractivity contribution is -0.123. The van der Waals surface area contributed by atoms with Crippen molar-refractivity contribution < 1.29 is 15.0 Å². The lowest BCUT2D eigenvalue weighted by atomic mass is 10.0. The molecule has 0 aromatic rings. The summed E-state index contributed by atoms with van der Waals surface area (Å²) >= 11 is 0. The lowest BCUT2D eigenvalue weighted by Crippen LogP contribution is -2.45. The van der Waals surface area contributed by atoms with Crippen LogP contribution in [0, 0.1) is 0 Å².